The van der Waals surface area contributed by atoms with Gasteiger partial charge in [-0.2, -0.15) is 0 Å². The van der Waals surface area contributed by atoms with E-state index in [9.17, 15) is 14.4 Å². The second-order valence-corrected chi connectivity index (χ2v) is 8.95. The van der Waals surface area contributed by atoms with Crippen LogP contribution in [-0.2, 0) is 25.5 Å². The molecule has 1 aromatic carbocycles. The molecule has 1 saturated heterocycles. The fourth-order valence-corrected chi connectivity index (χ4v) is 4.27. The minimum Gasteiger partial charge on any atom is -0.463 e. The van der Waals surface area contributed by atoms with E-state index >= 15 is 0 Å². The van der Waals surface area contributed by atoms with Crippen molar-refractivity contribution in [1.29, 1.82) is 0 Å². The molecule has 1 aromatic rings. The number of hydrogen-bond donors (Lipinski definition) is 2. The number of aliphatic hydroxyl groups is 1. The third-order valence-corrected chi connectivity index (χ3v) is 6.10. The van der Waals surface area contributed by atoms with Gasteiger partial charge in [0.25, 0.3) is 0 Å². The van der Waals surface area contributed by atoms with Crippen LogP contribution in [-0.4, -0.2) is 59.6 Å². The van der Waals surface area contributed by atoms with E-state index in [1.54, 1.807) is 24.0 Å². The lowest BCUT2D eigenvalue weighted by Gasteiger charge is -2.29. The summed E-state index contributed by atoms with van der Waals surface area (Å²) >= 11 is 0. The van der Waals surface area contributed by atoms with Crippen LogP contribution >= 0.6 is 0 Å². The summed E-state index contributed by atoms with van der Waals surface area (Å²) in [4.78, 5) is 40.1. The highest BCUT2D eigenvalue weighted by Gasteiger charge is 2.34. The number of carbonyl (C=O) groups excluding carboxylic acids is 3. The summed E-state index contributed by atoms with van der Waals surface area (Å²) in [5.41, 5.74) is 1.06. The Morgan fingerprint density at radius 2 is 1.85 bits per heavy atom. The summed E-state index contributed by atoms with van der Waals surface area (Å²) < 4.78 is 5.67. The number of amides is 2. The Hall–Kier alpha value is -2.93. The average molecular weight is 471 g/mol. The van der Waals surface area contributed by atoms with E-state index in [0.29, 0.717) is 25.8 Å². The first kappa shape index (κ1) is 27.3. The number of ether oxygens (including phenoxy) is 1. The summed E-state index contributed by atoms with van der Waals surface area (Å²) in [5.74, 6) is -1.56. The van der Waals surface area contributed by atoms with Crippen molar-refractivity contribution in [2.45, 2.75) is 57.5 Å². The minimum atomic E-state index is -0.536. The largest absolute Gasteiger partial charge is 0.463 e. The zero-order chi connectivity index (χ0) is 24.9. The van der Waals surface area contributed by atoms with Crippen LogP contribution in [0.15, 0.2) is 55.6 Å². The fourth-order valence-electron chi connectivity index (χ4n) is 4.27. The normalized spacial score (nSPS) is 17.9. The summed E-state index contributed by atoms with van der Waals surface area (Å²) in [5, 5.41) is 11.8. The van der Waals surface area contributed by atoms with Crippen LogP contribution in [0.5, 0.6) is 0 Å². The maximum atomic E-state index is 13.3. The smallest absolute Gasteiger partial charge is 0.309 e. The predicted molar refractivity (Wildman–Crippen MR) is 132 cm³/mol. The highest BCUT2D eigenvalue weighted by atomic mass is 16.5. The molecule has 7 nitrogen and oxygen atoms in total. The number of likely N-dealkylation sites (tertiary alicyclic amines) is 1. The number of nitrogens with zero attached hydrogens (tertiary/aromatic N) is 1. The lowest BCUT2D eigenvalue weighted by Crippen LogP contribution is -2.44. The Kier molecular flexibility index (Phi) is 11.5. The second kappa shape index (κ2) is 14.4. The molecule has 1 aliphatic rings. The zero-order valence-corrected chi connectivity index (χ0v) is 20.2. The molecule has 4 atom stereocenters. The zero-order valence-electron chi connectivity index (χ0n) is 20.2. The maximum absolute atomic E-state index is 13.3. The van der Waals surface area contributed by atoms with Gasteiger partial charge in [0, 0.05) is 19.0 Å². The highest BCUT2D eigenvalue weighted by Crippen LogP contribution is 2.24. The van der Waals surface area contributed by atoms with E-state index in [4.69, 9.17) is 9.84 Å². The van der Waals surface area contributed by atoms with Gasteiger partial charge in [-0.15, -0.1) is 13.2 Å². The van der Waals surface area contributed by atoms with Gasteiger partial charge >= 0.3 is 5.97 Å². The third-order valence-electron chi connectivity index (χ3n) is 6.10. The van der Waals surface area contributed by atoms with Crippen molar-refractivity contribution in [3.8, 4) is 0 Å². The molecule has 0 radical (unpaired) electrons. The van der Waals surface area contributed by atoms with Crippen LogP contribution in [0.2, 0.25) is 0 Å². The summed E-state index contributed by atoms with van der Waals surface area (Å²) in [7, 11) is 0. The van der Waals surface area contributed by atoms with E-state index in [1.807, 2.05) is 30.3 Å². The lowest BCUT2D eigenvalue weighted by atomic mass is 9.96. The van der Waals surface area contributed by atoms with Gasteiger partial charge in [0.15, 0.2) is 0 Å². The second-order valence-electron chi connectivity index (χ2n) is 8.95. The molecule has 2 rings (SSSR count). The van der Waals surface area contributed by atoms with Crippen molar-refractivity contribution in [1.82, 2.24) is 10.2 Å². The van der Waals surface area contributed by atoms with Gasteiger partial charge in [-0.1, -0.05) is 42.5 Å². The van der Waals surface area contributed by atoms with E-state index in [-0.39, 0.29) is 55.4 Å². The van der Waals surface area contributed by atoms with Crippen LogP contribution in [0, 0.1) is 11.8 Å². The van der Waals surface area contributed by atoms with Gasteiger partial charge in [-0.3, -0.25) is 14.4 Å². The molecule has 0 aliphatic carbocycles. The molecule has 7 heteroatoms. The summed E-state index contributed by atoms with van der Waals surface area (Å²) in [6, 6.07) is 9.22. The first-order valence-electron chi connectivity index (χ1n) is 12.0. The van der Waals surface area contributed by atoms with Crippen molar-refractivity contribution >= 4 is 17.8 Å². The number of rotatable bonds is 14. The van der Waals surface area contributed by atoms with E-state index in [1.165, 1.54) is 0 Å². The molecule has 1 fully saturated rings. The van der Waals surface area contributed by atoms with E-state index in [0.717, 1.165) is 18.4 Å². The molecule has 0 bridgehead atoms. The Morgan fingerprint density at radius 3 is 2.50 bits per heavy atom. The van der Waals surface area contributed by atoms with E-state index in [2.05, 4.69) is 18.5 Å². The first-order chi connectivity index (χ1) is 16.4. The summed E-state index contributed by atoms with van der Waals surface area (Å²) in [6.07, 6.45) is 6.42. The predicted octanol–water partition coefficient (Wildman–Crippen LogP) is 3.04. The number of aliphatic hydroxyl groups excluding tert-OH is 1. The molecule has 34 heavy (non-hydrogen) atoms. The van der Waals surface area contributed by atoms with Gasteiger partial charge in [0.05, 0.1) is 24.5 Å². The number of benzene rings is 1. The van der Waals surface area contributed by atoms with Crippen LogP contribution in [0.1, 0.15) is 44.6 Å². The Bertz CT molecular complexity index is 826. The van der Waals surface area contributed by atoms with E-state index < -0.39 is 5.92 Å². The minimum absolute atomic E-state index is 0.0245. The molecular weight excluding hydrogens is 432 g/mol. The molecule has 4 unspecified atom stereocenters. The molecular formula is C27H38N2O5. The molecule has 0 saturated carbocycles. The molecule has 2 N–H and O–H groups in total. The van der Waals surface area contributed by atoms with Crippen LogP contribution in [0.25, 0.3) is 0 Å². The molecule has 2 amide bonds. The Balaban J connectivity index is 1.97. The van der Waals surface area contributed by atoms with Crippen LogP contribution < -0.4 is 5.32 Å². The first-order valence-corrected chi connectivity index (χ1v) is 12.0. The van der Waals surface area contributed by atoms with Gasteiger partial charge < -0.3 is 20.1 Å². The molecule has 0 aromatic heterocycles. The molecule has 186 valence electrons. The van der Waals surface area contributed by atoms with Crippen molar-refractivity contribution in [3.05, 3.63) is 61.2 Å². The number of hydrogen-bond acceptors (Lipinski definition) is 5. The van der Waals surface area contributed by atoms with Crippen molar-refractivity contribution in [2.75, 3.05) is 19.8 Å². The lowest BCUT2D eigenvalue weighted by molar-refractivity contribution is -0.152. The van der Waals surface area contributed by atoms with Gasteiger partial charge in [-0.05, 0) is 44.6 Å². The standard InChI is InChI=1S/C27H38N2O5/c1-4-10-22(17-25(31)28-20(3)18-30)26(32)29-15-9-14-24(29)19-34-27(33)23(11-5-2)16-21-12-7-6-8-13-21/h4-8,12-13,20,22-24,30H,1-2,9-11,14-19H2,3H3,(H,28,31). The summed E-state index contributed by atoms with van der Waals surface area (Å²) in [6.45, 7) is 9.74. The van der Waals surface area contributed by atoms with Gasteiger partial charge in [-0.25, -0.2) is 0 Å². The maximum Gasteiger partial charge on any atom is 0.309 e. The van der Waals surface area contributed by atoms with Gasteiger partial charge in [0.2, 0.25) is 11.8 Å². The molecule has 0 spiro atoms. The molecule has 1 aliphatic heterocycles. The van der Waals surface area contributed by atoms with Gasteiger partial charge in [0.1, 0.15) is 6.61 Å². The van der Waals surface area contributed by atoms with Crippen LogP contribution in [0.3, 0.4) is 0 Å². The quantitative estimate of drug-likeness (QED) is 0.322. The number of carbonyl (C=O) groups is 3. The Labute approximate surface area is 202 Å². The number of allylic oxidation sites excluding steroid dienone is 2. The topological polar surface area (TPSA) is 95.9 Å². The van der Waals surface area contributed by atoms with Crippen molar-refractivity contribution < 1.29 is 24.2 Å². The Morgan fingerprint density at radius 1 is 1.18 bits per heavy atom. The van der Waals surface area contributed by atoms with Crippen LogP contribution in [0.4, 0.5) is 0 Å². The monoisotopic (exact) mass is 470 g/mol. The number of esters is 1. The fraction of sp³-hybridized carbons (Fsp3) is 0.519. The number of nitrogens with one attached hydrogen (secondary N) is 1. The SMILES string of the molecule is C=CCC(Cc1ccccc1)C(=O)OCC1CCCN1C(=O)C(CC=C)CC(=O)NC(C)CO. The van der Waals surface area contributed by atoms with Crippen molar-refractivity contribution in [2.24, 2.45) is 11.8 Å². The average Bonchev–Trinajstić information content (AvgIpc) is 3.30. The molecule has 1 heterocycles. The third kappa shape index (κ3) is 8.45. The highest BCUT2D eigenvalue weighted by molar-refractivity contribution is 5.86. The van der Waals surface area contributed by atoms with Crippen molar-refractivity contribution in [3.63, 3.8) is 0 Å².